The van der Waals surface area contributed by atoms with Crippen LogP contribution in [0.1, 0.15) is 62.0 Å². The van der Waals surface area contributed by atoms with E-state index in [4.69, 9.17) is 9.47 Å². The van der Waals surface area contributed by atoms with E-state index in [1.165, 1.54) is 11.1 Å². The van der Waals surface area contributed by atoms with Gasteiger partial charge in [0.05, 0.1) is 25.5 Å². The number of pyridine rings is 1. The minimum Gasteiger partial charge on any atom is -0.497 e. The van der Waals surface area contributed by atoms with Crippen molar-refractivity contribution in [1.82, 2.24) is 10.3 Å². The third-order valence-electron chi connectivity index (χ3n) is 5.55. The molecule has 28 heavy (non-hydrogen) atoms. The predicted octanol–water partition coefficient (Wildman–Crippen LogP) is 4.39. The fourth-order valence-electron chi connectivity index (χ4n) is 3.99. The Hall–Kier alpha value is -2.40. The Morgan fingerprint density at radius 2 is 2.07 bits per heavy atom. The minimum absolute atomic E-state index is 0.115. The summed E-state index contributed by atoms with van der Waals surface area (Å²) in [6.45, 7) is 4.45. The van der Waals surface area contributed by atoms with Crippen LogP contribution in [0.3, 0.4) is 0 Å². The smallest absolute Gasteiger partial charge is 0.305 e. The van der Waals surface area contributed by atoms with Crippen molar-refractivity contribution in [2.45, 2.75) is 51.6 Å². The summed E-state index contributed by atoms with van der Waals surface area (Å²) in [5.74, 6) is 1.09. The van der Waals surface area contributed by atoms with Gasteiger partial charge in [0.15, 0.2) is 0 Å². The molecule has 1 heterocycles. The van der Waals surface area contributed by atoms with Crippen LogP contribution < -0.4 is 10.1 Å². The Balaban J connectivity index is 1.76. The number of carbonyl (C=O) groups excluding carboxylic acids is 1. The number of nitrogens with one attached hydrogen (secondary N) is 1. The van der Waals surface area contributed by atoms with E-state index in [2.05, 4.69) is 35.4 Å². The van der Waals surface area contributed by atoms with E-state index >= 15 is 0 Å². The van der Waals surface area contributed by atoms with Crippen LogP contribution in [0.4, 0.5) is 0 Å². The lowest BCUT2D eigenvalue weighted by molar-refractivity contribution is -0.143. The lowest BCUT2D eigenvalue weighted by Crippen LogP contribution is -2.35. The van der Waals surface area contributed by atoms with Gasteiger partial charge in [-0.25, -0.2) is 0 Å². The highest BCUT2D eigenvalue weighted by Gasteiger charge is 2.32. The second kappa shape index (κ2) is 9.69. The van der Waals surface area contributed by atoms with Crippen LogP contribution >= 0.6 is 0 Å². The maximum Gasteiger partial charge on any atom is 0.305 e. The topological polar surface area (TPSA) is 60.5 Å². The normalized spacial score (nSPS) is 19.5. The van der Waals surface area contributed by atoms with Crippen LogP contribution in [0, 0.1) is 5.92 Å². The van der Waals surface area contributed by atoms with Crippen LogP contribution in [0.15, 0.2) is 42.6 Å². The molecule has 1 aliphatic rings. The Labute approximate surface area is 167 Å². The monoisotopic (exact) mass is 382 g/mol. The van der Waals surface area contributed by atoms with Crippen molar-refractivity contribution in [3.63, 3.8) is 0 Å². The van der Waals surface area contributed by atoms with Crippen LogP contribution in [-0.4, -0.2) is 24.7 Å². The van der Waals surface area contributed by atoms with E-state index in [0.717, 1.165) is 30.7 Å². The summed E-state index contributed by atoms with van der Waals surface area (Å²) in [7, 11) is 1.68. The first-order valence-electron chi connectivity index (χ1n) is 10.1. The van der Waals surface area contributed by atoms with Crippen molar-refractivity contribution in [2.75, 3.05) is 13.7 Å². The number of ether oxygens (including phenoxy) is 2. The molecular formula is C23H30N2O3. The summed E-state index contributed by atoms with van der Waals surface area (Å²) < 4.78 is 10.4. The van der Waals surface area contributed by atoms with E-state index in [9.17, 15) is 4.79 Å². The number of methoxy groups -OCH3 is 1. The van der Waals surface area contributed by atoms with Crippen molar-refractivity contribution in [2.24, 2.45) is 5.92 Å². The molecular weight excluding hydrogens is 352 g/mol. The van der Waals surface area contributed by atoms with E-state index in [1.54, 1.807) is 7.11 Å². The summed E-state index contributed by atoms with van der Waals surface area (Å²) in [4.78, 5) is 16.6. The number of hydrogen-bond acceptors (Lipinski definition) is 5. The molecule has 0 fully saturated rings. The average Bonchev–Trinajstić information content (AvgIpc) is 2.73. The Kier molecular flexibility index (Phi) is 7.04. The van der Waals surface area contributed by atoms with Crippen molar-refractivity contribution in [1.29, 1.82) is 0 Å². The standard InChI is InChI=1S/C23H30N2O3/c1-4-28-21(26)14-11-19-8-7-18-6-5-15-24-22(18)23(19)25-16(2)17-9-12-20(27-3)13-10-17/h5-6,9-10,12-13,15-16,19,23,25H,4,7-8,11,14H2,1-3H3/t16-,19?,23?/m0/s1. The lowest BCUT2D eigenvalue weighted by Gasteiger charge is -2.35. The molecule has 5 heteroatoms. The van der Waals surface area contributed by atoms with Gasteiger partial charge < -0.3 is 14.8 Å². The molecule has 0 spiro atoms. The average molecular weight is 383 g/mol. The molecule has 1 aliphatic carbocycles. The largest absolute Gasteiger partial charge is 0.497 e. The van der Waals surface area contributed by atoms with Gasteiger partial charge >= 0.3 is 5.97 Å². The maximum atomic E-state index is 11.9. The number of esters is 1. The second-order valence-corrected chi connectivity index (χ2v) is 7.33. The Morgan fingerprint density at radius 3 is 2.79 bits per heavy atom. The third-order valence-corrected chi connectivity index (χ3v) is 5.55. The molecule has 1 aromatic carbocycles. The summed E-state index contributed by atoms with van der Waals surface area (Å²) in [5, 5.41) is 3.78. The van der Waals surface area contributed by atoms with E-state index in [0.29, 0.717) is 18.9 Å². The van der Waals surface area contributed by atoms with Gasteiger partial charge in [0, 0.05) is 18.7 Å². The van der Waals surface area contributed by atoms with Gasteiger partial charge in [-0.2, -0.15) is 0 Å². The molecule has 0 saturated carbocycles. The molecule has 3 rings (SSSR count). The van der Waals surface area contributed by atoms with Gasteiger partial charge in [-0.15, -0.1) is 0 Å². The highest BCUT2D eigenvalue weighted by Crippen LogP contribution is 2.37. The fraction of sp³-hybridized carbons (Fsp3) is 0.478. The van der Waals surface area contributed by atoms with Gasteiger partial charge in [-0.3, -0.25) is 9.78 Å². The highest BCUT2D eigenvalue weighted by molar-refractivity contribution is 5.69. The Morgan fingerprint density at radius 1 is 1.29 bits per heavy atom. The van der Waals surface area contributed by atoms with Crippen LogP contribution in [0.25, 0.3) is 0 Å². The zero-order valence-electron chi connectivity index (χ0n) is 17.0. The van der Waals surface area contributed by atoms with Crippen molar-refractivity contribution >= 4 is 5.97 Å². The molecule has 0 amide bonds. The molecule has 0 bridgehead atoms. The van der Waals surface area contributed by atoms with Crippen LogP contribution in [0.5, 0.6) is 5.75 Å². The number of aromatic nitrogens is 1. The van der Waals surface area contributed by atoms with Gasteiger partial charge in [-0.05, 0) is 68.4 Å². The van der Waals surface area contributed by atoms with Gasteiger partial charge in [-0.1, -0.05) is 18.2 Å². The number of nitrogens with zero attached hydrogens (tertiary/aromatic N) is 1. The number of aryl methyl sites for hydroxylation is 1. The van der Waals surface area contributed by atoms with Crippen molar-refractivity contribution < 1.29 is 14.3 Å². The van der Waals surface area contributed by atoms with Gasteiger partial charge in [0.2, 0.25) is 0 Å². The van der Waals surface area contributed by atoms with E-state index in [-0.39, 0.29) is 18.1 Å². The summed E-state index contributed by atoms with van der Waals surface area (Å²) >= 11 is 0. The molecule has 2 aromatic rings. The summed E-state index contributed by atoms with van der Waals surface area (Å²) in [6, 6.07) is 12.6. The third kappa shape index (κ3) is 4.90. The number of rotatable bonds is 8. The van der Waals surface area contributed by atoms with Crippen LogP contribution in [-0.2, 0) is 16.0 Å². The molecule has 0 aliphatic heterocycles. The number of fused-ring (bicyclic) bond motifs is 1. The molecule has 5 nitrogen and oxygen atoms in total. The van der Waals surface area contributed by atoms with Gasteiger partial charge in [0.25, 0.3) is 0 Å². The first-order chi connectivity index (χ1) is 13.6. The minimum atomic E-state index is -0.115. The molecule has 1 N–H and O–H groups in total. The second-order valence-electron chi connectivity index (χ2n) is 7.33. The summed E-state index contributed by atoms with van der Waals surface area (Å²) in [6.07, 6.45) is 5.17. The number of benzene rings is 1. The fourth-order valence-corrected chi connectivity index (χ4v) is 3.99. The lowest BCUT2D eigenvalue weighted by atomic mass is 9.79. The first kappa shape index (κ1) is 20.3. The highest BCUT2D eigenvalue weighted by atomic mass is 16.5. The SMILES string of the molecule is CCOC(=O)CCC1CCc2cccnc2C1N[C@@H](C)c1ccc(OC)cc1. The molecule has 3 atom stereocenters. The predicted molar refractivity (Wildman–Crippen MR) is 109 cm³/mol. The maximum absolute atomic E-state index is 11.9. The number of carbonyl (C=O) groups is 1. The van der Waals surface area contributed by atoms with Crippen molar-refractivity contribution in [3.05, 3.63) is 59.4 Å². The number of hydrogen-bond donors (Lipinski definition) is 1. The molecule has 0 radical (unpaired) electrons. The molecule has 2 unspecified atom stereocenters. The van der Waals surface area contributed by atoms with Crippen molar-refractivity contribution in [3.8, 4) is 5.75 Å². The van der Waals surface area contributed by atoms with E-state index in [1.807, 2.05) is 31.3 Å². The summed E-state index contributed by atoms with van der Waals surface area (Å²) in [5.41, 5.74) is 3.62. The first-order valence-corrected chi connectivity index (χ1v) is 10.1. The van der Waals surface area contributed by atoms with Gasteiger partial charge in [0.1, 0.15) is 5.75 Å². The van der Waals surface area contributed by atoms with Crippen LogP contribution in [0.2, 0.25) is 0 Å². The molecule has 150 valence electrons. The zero-order valence-corrected chi connectivity index (χ0v) is 17.0. The van der Waals surface area contributed by atoms with E-state index < -0.39 is 0 Å². The quantitative estimate of drug-likeness (QED) is 0.686. The molecule has 1 aromatic heterocycles. The molecule has 0 saturated heterocycles. The Bertz CT molecular complexity index is 776. The zero-order chi connectivity index (χ0) is 19.9.